The minimum atomic E-state index is -0.580. The zero-order valence-electron chi connectivity index (χ0n) is 19.2. The van der Waals surface area contributed by atoms with Gasteiger partial charge in [0.25, 0.3) is 0 Å². The van der Waals surface area contributed by atoms with Crippen LogP contribution in [-0.4, -0.2) is 42.0 Å². The van der Waals surface area contributed by atoms with Gasteiger partial charge >= 0.3 is 0 Å². The minimum absolute atomic E-state index is 0.0249. The standard InChI is InChI=1S/C26H36N2O3/c1-20(2)26(30)28(19-23-14-9-6-10-15-23)24(18-22-12-7-5-8-13-22)25(29)27-16-11-17-31-21(3)4/h5-10,12-15,20-21,24H,11,16-19H2,1-4H3,(H,27,29). The van der Waals surface area contributed by atoms with Gasteiger partial charge in [-0.25, -0.2) is 0 Å². The molecule has 1 N–H and O–H groups in total. The Morgan fingerprint density at radius 1 is 0.903 bits per heavy atom. The van der Waals surface area contributed by atoms with E-state index in [0.29, 0.717) is 26.1 Å². The molecule has 2 rings (SSSR count). The number of carbonyl (C=O) groups is 2. The van der Waals surface area contributed by atoms with Crippen LogP contribution in [0.15, 0.2) is 60.7 Å². The number of amides is 2. The van der Waals surface area contributed by atoms with Crippen molar-refractivity contribution < 1.29 is 14.3 Å². The summed E-state index contributed by atoms with van der Waals surface area (Å²) in [4.78, 5) is 28.1. The van der Waals surface area contributed by atoms with E-state index in [1.165, 1.54) is 0 Å². The maximum absolute atomic E-state index is 13.3. The molecule has 5 nitrogen and oxygen atoms in total. The fraction of sp³-hybridized carbons (Fsp3) is 0.462. The number of nitrogens with zero attached hydrogens (tertiary/aromatic N) is 1. The zero-order valence-corrected chi connectivity index (χ0v) is 19.2. The highest BCUT2D eigenvalue weighted by Crippen LogP contribution is 2.17. The van der Waals surface area contributed by atoms with Crippen LogP contribution in [0.3, 0.4) is 0 Å². The molecule has 2 amide bonds. The molecular weight excluding hydrogens is 388 g/mol. The van der Waals surface area contributed by atoms with Crippen LogP contribution >= 0.6 is 0 Å². The molecule has 0 aliphatic carbocycles. The Hall–Kier alpha value is -2.66. The van der Waals surface area contributed by atoms with E-state index in [2.05, 4.69) is 5.32 Å². The molecule has 168 valence electrons. The van der Waals surface area contributed by atoms with Gasteiger partial charge in [-0.15, -0.1) is 0 Å². The van der Waals surface area contributed by atoms with Crippen molar-refractivity contribution in [1.82, 2.24) is 10.2 Å². The van der Waals surface area contributed by atoms with Gasteiger partial charge in [-0.3, -0.25) is 9.59 Å². The molecule has 0 aromatic heterocycles. The highest BCUT2D eigenvalue weighted by Gasteiger charge is 2.31. The summed E-state index contributed by atoms with van der Waals surface area (Å²) in [5, 5.41) is 3.02. The second kappa shape index (κ2) is 12.9. The Morgan fingerprint density at radius 3 is 2.03 bits per heavy atom. The summed E-state index contributed by atoms with van der Waals surface area (Å²) >= 11 is 0. The summed E-state index contributed by atoms with van der Waals surface area (Å²) in [6, 6.07) is 19.1. The largest absolute Gasteiger partial charge is 0.379 e. The lowest BCUT2D eigenvalue weighted by Crippen LogP contribution is -2.51. The van der Waals surface area contributed by atoms with Crippen molar-refractivity contribution in [3.8, 4) is 0 Å². The van der Waals surface area contributed by atoms with Crippen molar-refractivity contribution in [2.75, 3.05) is 13.2 Å². The molecule has 0 heterocycles. The Kier molecular flexibility index (Phi) is 10.2. The third-order valence-electron chi connectivity index (χ3n) is 4.99. The number of rotatable bonds is 12. The number of hydrogen-bond donors (Lipinski definition) is 1. The predicted molar refractivity (Wildman–Crippen MR) is 124 cm³/mol. The summed E-state index contributed by atoms with van der Waals surface area (Å²) in [7, 11) is 0. The van der Waals surface area contributed by atoms with Crippen LogP contribution in [0.4, 0.5) is 0 Å². The summed E-state index contributed by atoms with van der Waals surface area (Å²) in [6.45, 7) is 9.26. The van der Waals surface area contributed by atoms with Gasteiger partial charge in [0.15, 0.2) is 0 Å². The average Bonchev–Trinajstić information content (AvgIpc) is 2.76. The van der Waals surface area contributed by atoms with Gasteiger partial charge in [-0.1, -0.05) is 74.5 Å². The van der Waals surface area contributed by atoms with Crippen molar-refractivity contribution in [2.24, 2.45) is 5.92 Å². The van der Waals surface area contributed by atoms with Gasteiger partial charge in [-0.2, -0.15) is 0 Å². The van der Waals surface area contributed by atoms with E-state index in [1.807, 2.05) is 88.4 Å². The fourth-order valence-corrected chi connectivity index (χ4v) is 3.36. The number of ether oxygens (including phenoxy) is 1. The van der Waals surface area contributed by atoms with Crippen LogP contribution in [-0.2, 0) is 27.3 Å². The monoisotopic (exact) mass is 424 g/mol. The van der Waals surface area contributed by atoms with E-state index in [4.69, 9.17) is 4.74 Å². The number of nitrogens with one attached hydrogen (secondary N) is 1. The van der Waals surface area contributed by atoms with E-state index in [-0.39, 0.29) is 23.8 Å². The van der Waals surface area contributed by atoms with Gasteiger partial charge in [0.2, 0.25) is 11.8 Å². The maximum Gasteiger partial charge on any atom is 0.243 e. The molecule has 31 heavy (non-hydrogen) atoms. The molecule has 1 unspecified atom stereocenters. The predicted octanol–water partition coefficient (Wildman–Crippen LogP) is 4.21. The molecule has 0 saturated carbocycles. The molecule has 1 atom stereocenters. The van der Waals surface area contributed by atoms with Gasteiger partial charge in [0, 0.05) is 32.0 Å². The van der Waals surface area contributed by atoms with Gasteiger partial charge < -0.3 is 15.0 Å². The lowest BCUT2D eigenvalue weighted by molar-refractivity contribution is -0.143. The Labute approximate surface area is 186 Å². The first-order valence-electron chi connectivity index (χ1n) is 11.2. The van der Waals surface area contributed by atoms with E-state index in [0.717, 1.165) is 17.5 Å². The molecule has 0 spiro atoms. The molecule has 0 fully saturated rings. The number of benzene rings is 2. The molecule has 0 radical (unpaired) electrons. The fourth-order valence-electron chi connectivity index (χ4n) is 3.36. The number of hydrogen-bond acceptors (Lipinski definition) is 3. The van der Waals surface area contributed by atoms with Crippen molar-refractivity contribution in [3.63, 3.8) is 0 Å². The van der Waals surface area contributed by atoms with Crippen LogP contribution in [0.25, 0.3) is 0 Å². The highest BCUT2D eigenvalue weighted by atomic mass is 16.5. The molecule has 0 bridgehead atoms. The summed E-state index contributed by atoms with van der Waals surface area (Å²) in [5.41, 5.74) is 2.04. The summed E-state index contributed by atoms with van der Waals surface area (Å²) in [6.07, 6.45) is 1.38. The van der Waals surface area contributed by atoms with Crippen LogP contribution in [0.5, 0.6) is 0 Å². The van der Waals surface area contributed by atoms with Crippen LogP contribution in [0, 0.1) is 5.92 Å². The van der Waals surface area contributed by atoms with E-state index < -0.39 is 6.04 Å². The highest BCUT2D eigenvalue weighted by molar-refractivity contribution is 5.88. The summed E-state index contributed by atoms with van der Waals surface area (Å²) in [5.74, 6) is -0.351. The topological polar surface area (TPSA) is 58.6 Å². The lowest BCUT2D eigenvalue weighted by atomic mass is 10.0. The lowest BCUT2D eigenvalue weighted by Gasteiger charge is -2.32. The molecule has 2 aromatic carbocycles. The average molecular weight is 425 g/mol. The Morgan fingerprint density at radius 2 is 1.48 bits per heavy atom. The van der Waals surface area contributed by atoms with Gasteiger partial charge in [-0.05, 0) is 31.4 Å². The molecular formula is C26H36N2O3. The Balaban J connectivity index is 2.21. The van der Waals surface area contributed by atoms with Gasteiger partial charge in [0.1, 0.15) is 6.04 Å². The third kappa shape index (κ3) is 8.54. The van der Waals surface area contributed by atoms with E-state index >= 15 is 0 Å². The quantitative estimate of drug-likeness (QED) is 0.519. The first kappa shape index (κ1) is 24.6. The zero-order chi connectivity index (χ0) is 22.6. The molecule has 5 heteroatoms. The van der Waals surface area contributed by atoms with Crippen LogP contribution in [0.2, 0.25) is 0 Å². The molecule has 0 aliphatic rings. The first-order valence-corrected chi connectivity index (χ1v) is 11.2. The second-order valence-corrected chi connectivity index (χ2v) is 8.38. The molecule has 2 aromatic rings. The van der Waals surface area contributed by atoms with Crippen molar-refractivity contribution in [2.45, 2.75) is 59.2 Å². The molecule has 0 aliphatic heterocycles. The van der Waals surface area contributed by atoms with Gasteiger partial charge in [0.05, 0.1) is 6.10 Å². The van der Waals surface area contributed by atoms with Crippen LogP contribution in [0.1, 0.15) is 45.2 Å². The second-order valence-electron chi connectivity index (χ2n) is 8.38. The van der Waals surface area contributed by atoms with Crippen LogP contribution < -0.4 is 5.32 Å². The van der Waals surface area contributed by atoms with E-state index in [9.17, 15) is 9.59 Å². The van der Waals surface area contributed by atoms with Crippen molar-refractivity contribution in [3.05, 3.63) is 71.8 Å². The smallest absolute Gasteiger partial charge is 0.243 e. The Bertz CT molecular complexity index is 791. The SMILES string of the molecule is CC(C)OCCCNC(=O)C(Cc1ccccc1)N(Cc1ccccc1)C(=O)C(C)C. The van der Waals surface area contributed by atoms with Crippen molar-refractivity contribution >= 4 is 11.8 Å². The molecule has 0 saturated heterocycles. The van der Waals surface area contributed by atoms with E-state index in [1.54, 1.807) is 4.90 Å². The summed E-state index contributed by atoms with van der Waals surface area (Å²) < 4.78 is 5.56. The first-order chi connectivity index (χ1) is 14.9. The minimum Gasteiger partial charge on any atom is -0.379 e. The maximum atomic E-state index is 13.3. The normalized spacial score (nSPS) is 12.1. The number of carbonyl (C=O) groups excluding carboxylic acids is 2. The van der Waals surface area contributed by atoms with Crippen molar-refractivity contribution in [1.29, 1.82) is 0 Å². The third-order valence-corrected chi connectivity index (χ3v) is 4.99.